The fraction of sp³-hybridized carbons (Fsp3) is 0.625. The molecule has 1 aliphatic rings. The summed E-state index contributed by atoms with van der Waals surface area (Å²) in [6.07, 6.45) is -25.8. The summed E-state index contributed by atoms with van der Waals surface area (Å²) < 4.78 is 167. The number of hydrogen-bond acceptors (Lipinski definition) is 3. The predicted octanol–water partition coefficient (Wildman–Crippen LogP) is 5.81. The van der Waals surface area contributed by atoms with Crippen LogP contribution in [0, 0.1) is 6.92 Å². The van der Waals surface area contributed by atoms with Crippen LogP contribution in [0.5, 0.6) is 0 Å². The largest absolute Gasteiger partial charge is 0.431 e. The topological polar surface area (TPSA) is 41.5 Å². The van der Waals surface area contributed by atoms with E-state index in [4.69, 9.17) is 0 Å². The Bertz CT molecular complexity index is 818. The SMILES string of the molecule is Cc1cc(C(O)(C(F)(F)F)C(F)(F)F)c2c(c1)C(C(F)(F)F)(C(F)(F)F)OC(C)(C)N2. The van der Waals surface area contributed by atoms with Gasteiger partial charge in [-0.25, -0.2) is 0 Å². The predicted molar refractivity (Wildman–Crippen MR) is 79.8 cm³/mol. The van der Waals surface area contributed by atoms with Crippen LogP contribution in [0.3, 0.4) is 0 Å². The molecule has 0 radical (unpaired) electrons. The summed E-state index contributed by atoms with van der Waals surface area (Å²) in [5.74, 6) is 0. The van der Waals surface area contributed by atoms with E-state index in [1.807, 2.05) is 0 Å². The monoisotopic (exact) mass is 479 g/mol. The van der Waals surface area contributed by atoms with Gasteiger partial charge in [0.1, 0.15) is 5.72 Å². The maximum Gasteiger partial charge on any atom is 0.431 e. The van der Waals surface area contributed by atoms with E-state index in [-0.39, 0.29) is 12.1 Å². The fourth-order valence-corrected chi connectivity index (χ4v) is 3.30. The van der Waals surface area contributed by atoms with Gasteiger partial charge in [0.15, 0.2) is 0 Å². The van der Waals surface area contributed by atoms with Gasteiger partial charge in [0.2, 0.25) is 0 Å². The Labute approximate surface area is 166 Å². The van der Waals surface area contributed by atoms with Gasteiger partial charge in [0, 0.05) is 16.8 Å². The molecule has 0 atom stereocenters. The highest BCUT2D eigenvalue weighted by molar-refractivity contribution is 5.67. The Kier molecular flexibility index (Phi) is 5.36. The van der Waals surface area contributed by atoms with Gasteiger partial charge in [-0.05, 0) is 20.8 Å². The smallest absolute Gasteiger partial charge is 0.369 e. The summed E-state index contributed by atoms with van der Waals surface area (Å²) in [5.41, 5.74) is -20.9. The van der Waals surface area contributed by atoms with E-state index in [1.54, 1.807) is 5.32 Å². The summed E-state index contributed by atoms with van der Waals surface area (Å²) >= 11 is 0. The molecular weight excluding hydrogens is 466 g/mol. The minimum Gasteiger partial charge on any atom is -0.369 e. The molecule has 178 valence electrons. The molecule has 31 heavy (non-hydrogen) atoms. The van der Waals surface area contributed by atoms with Crippen LogP contribution >= 0.6 is 0 Å². The average molecular weight is 479 g/mol. The number of rotatable bonds is 1. The number of benzene rings is 1. The highest BCUT2D eigenvalue weighted by atomic mass is 19.4. The van der Waals surface area contributed by atoms with Gasteiger partial charge in [-0.1, -0.05) is 17.7 Å². The molecule has 0 bridgehead atoms. The van der Waals surface area contributed by atoms with Crippen LogP contribution in [-0.2, 0) is 15.9 Å². The Balaban J connectivity index is 3.15. The lowest BCUT2D eigenvalue weighted by Crippen LogP contribution is -2.64. The zero-order chi connectivity index (χ0) is 24.6. The number of alkyl halides is 12. The quantitative estimate of drug-likeness (QED) is 0.500. The van der Waals surface area contributed by atoms with Gasteiger partial charge in [-0.2, -0.15) is 52.7 Å². The van der Waals surface area contributed by atoms with Crippen molar-refractivity contribution in [3.8, 4) is 0 Å². The Hall–Kier alpha value is -1.90. The number of fused-ring (bicyclic) bond motifs is 1. The van der Waals surface area contributed by atoms with Crippen molar-refractivity contribution in [3.05, 3.63) is 28.8 Å². The molecule has 0 aliphatic carbocycles. The Morgan fingerprint density at radius 2 is 1.23 bits per heavy atom. The molecule has 2 N–H and O–H groups in total. The second-order valence-corrected chi connectivity index (χ2v) is 7.36. The van der Waals surface area contributed by atoms with E-state index in [9.17, 15) is 57.8 Å². The first-order valence-electron chi connectivity index (χ1n) is 8.05. The molecule has 15 heteroatoms. The first-order valence-corrected chi connectivity index (χ1v) is 8.05. The molecule has 0 unspecified atom stereocenters. The third kappa shape index (κ3) is 3.58. The molecule has 0 saturated carbocycles. The van der Waals surface area contributed by atoms with Gasteiger partial charge in [0.05, 0.1) is 0 Å². The number of hydrogen-bond donors (Lipinski definition) is 2. The van der Waals surface area contributed by atoms with Crippen molar-refractivity contribution in [3.63, 3.8) is 0 Å². The van der Waals surface area contributed by atoms with Gasteiger partial charge in [0.25, 0.3) is 11.2 Å². The number of aryl methyl sites for hydroxylation is 1. The van der Waals surface area contributed by atoms with Crippen molar-refractivity contribution in [2.24, 2.45) is 0 Å². The van der Waals surface area contributed by atoms with Gasteiger partial charge >= 0.3 is 24.7 Å². The summed E-state index contributed by atoms with van der Waals surface area (Å²) in [6, 6.07) is 0.0982. The molecule has 1 aliphatic heterocycles. The van der Waals surface area contributed by atoms with Crippen molar-refractivity contribution in [1.29, 1.82) is 0 Å². The molecule has 1 aromatic carbocycles. The van der Waals surface area contributed by atoms with E-state index in [0.717, 1.165) is 0 Å². The summed E-state index contributed by atoms with van der Waals surface area (Å²) in [6.45, 7) is 1.73. The fourth-order valence-electron chi connectivity index (χ4n) is 3.30. The molecule has 0 aromatic heterocycles. The third-order valence-corrected chi connectivity index (χ3v) is 4.50. The molecule has 3 nitrogen and oxygen atoms in total. The number of ether oxygens (including phenoxy) is 1. The van der Waals surface area contributed by atoms with Crippen LogP contribution in [-0.4, -0.2) is 35.5 Å². The number of aliphatic hydroxyl groups is 1. The Morgan fingerprint density at radius 3 is 1.58 bits per heavy atom. The first-order chi connectivity index (χ1) is 13.4. The second kappa shape index (κ2) is 6.56. The molecule has 0 fully saturated rings. The summed E-state index contributed by atoms with van der Waals surface area (Å²) in [5, 5.41) is 11.4. The van der Waals surface area contributed by atoms with E-state index in [1.165, 1.54) is 0 Å². The third-order valence-electron chi connectivity index (χ3n) is 4.50. The molecule has 0 amide bonds. The molecule has 0 saturated heterocycles. The summed E-state index contributed by atoms with van der Waals surface area (Å²) in [4.78, 5) is 0. The minimum atomic E-state index is -6.56. The molecule has 0 spiro atoms. The minimum absolute atomic E-state index is 0.00568. The van der Waals surface area contributed by atoms with Crippen LogP contribution in [0.2, 0.25) is 0 Å². The normalized spacial score (nSPS) is 19.6. The van der Waals surface area contributed by atoms with Gasteiger partial charge < -0.3 is 15.2 Å². The highest BCUT2D eigenvalue weighted by Gasteiger charge is 2.78. The molecular formula is C16H13F12NO2. The van der Waals surface area contributed by atoms with Crippen LogP contribution in [0.4, 0.5) is 58.4 Å². The number of nitrogens with one attached hydrogen (secondary N) is 1. The highest BCUT2D eigenvalue weighted by Crippen LogP contribution is 2.61. The molecule has 2 rings (SSSR count). The second-order valence-electron chi connectivity index (χ2n) is 7.36. The van der Waals surface area contributed by atoms with Crippen LogP contribution < -0.4 is 5.32 Å². The lowest BCUT2D eigenvalue weighted by atomic mass is 9.80. The van der Waals surface area contributed by atoms with Crippen molar-refractivity contribution in [1.82, 2.24) is 0 Å². The number of anilines is 1. The number of halogens is 12. The first kappa shape index (κ1) is 25.4. The van der Waals surface area contributed by atoms with Crippen molar-refractivity contribution in [2.75, 3.05) is 5.32 Å². The summed E-state index contributed by atoms with van der Waals surface area (Å²) in [7, 11) is 0. The van der Waals surface area contributed by atoms with Crippen molar-refractivity contribution < 1.29 is 62.5 Å². The van der Waals surface area contributed by atoms with Crippen molar-refractivity contribution in [2.45, 2.75) is 62.4 Å². The lowest BCUT2D eigenvalue weighted by molar-refractivity contribution is -0.409. The van der Waals surface area contributed by atoms with E-state index < -0.39 is 64.0 Å². The lowest BCUT2D eigenvalue weighted by Gasteiger charge is -2.49. The zero-order valence-electron chi connectivity index (χ0n) is 15.5. The van der Waals surface area contributed by atoms with E-state index in [2.05, 4.69) is 4.74 Å². The van der Waals surface area contributed by atoms with Crippen LogP contribution in [0.1, 0.15) is 30.5 Å². The van der Waals surface area contributed by atoms with E-state index in [0.29, 0.717) is 20.8 Å². The van der Waals surface area contributed by atoms with Crippen molar-refractivity contribution >= 4 is 5.69 Å². The van der Waals surface area contributed by atoms with E-state index >= 15 is 0 Å². The standard InChI is InChI=1S/C16H13F12NO2/c1-6-4-7(11(30,13(17,18)19)14(20,21)22)9-8(5-6)12(15(23,24)25,16(26,27)28)31-10(2,3)29-9/h4-5,29-30H,1-3H3. The van der Waals surface area contributed by atoms with Crippen LogP contribution in [0.15, 0.2) is 12.1 Å². The van der Waals surface area contributed by atoms with Gasteiger partial charge in [-0.15, -0.1) is 0 Å². The maximum atomic E-state index is 13.8. The Morgan fingerprint density at radius 1 is 0.806 bits per heavy atom. The van der Waals surface area contributed by atoms with Crippen LogP contribution in [0.25, 0.3) is 0 Å². The maximum absolute atomic E-state index is 13.8. The zero-order valence-corrected chi connectivity index (χ0v) is 15.5. The molecule has 1 heterocycles. The molecule has 1 aromatic rings. The average Bonchev–Trinajstić information content (AvgIpc) is 2.48. The van der Waals surface area contributed by atoms with Gasteiger partial charge in [-0.3, -0.25) is 0 Å².